The van der Waals surface area contributed by atoms with Crippen molar-refractivity contribution in [3.63, 3.8) is 0 Å². The van der Waals surface area contributed by atoms with Crippen LogP contribution in [0, 0.1) is 0 Å². The van der Waals surface area contributed by atoms with E-state index in [-0.39, 0.29) is 0 Å². The molecule has 0 saturated carbocycles. The number of fused-ring (bicyclic) bond motifs is 1. The van der Waals surface area contributed by atoms with Gasteiger partial charge in [0.05, 0.1) is 12.2 Å². The van der Waals surface area contributed by atoms with Crippen molar-refractivity contribution in [2.75, 3.05) is 5.73 Å². The molecule has 0 amide bonds. The van der Waals surface area contributed by atoms with Gasteiger partial charge in [0.2, 0.25) is 5.95 Å². The second kappa shape index (κ2) is 4.65. The van der Waals surface area contributed by atoms with Gasteiger partial charge in [-0.2, -0.15) is 5.10 Å². The summed E-state index contributed by atoms with van der Waals surface area (Å²) >= 11 is 1.62. The number of rotatable bonds is 4. The second-order valence-electron chi connectivity index (χ2n) is 4.47. The van der Waals surface area contributed by atoms with Crippen LogP contribution >= 0.6 is 11.3 Å². The van der Waals surface area contributed by atoms with Crippen LogP contribution in [0.2, 0.25) is 0 Å². The number of aryl methyl sites for hydroxylation is 2. The average molecular weight is 276 g/mol. The van der Waals surface area contributed by atoms with Crippen LogP contribution in [0.25, 0.3) is 11.2 Å². The van der Waals surface area contributed by atoms with E-state index in [1.54, 1.807) is 17.5 Å². The molecule has 2 N–H and O–H groups in total. The van der Waals surface area contributed by atoms with Gasteiger partial charge in [0, 0.05) is 18.6 Å². The molecule has 3 aromatic rings. The van der Waals surface area contributed by atoms with Gasteiger partial charge in [-0.1, -0.05) is 13.3 Å². The highest BCUT2D eigenvalue weighted by molar-refractivity contribution is 7.09. The highest BCUT2D eigenvalue weighted by Gasteiger charge is 2.17. The van der Waals surface area contributed by atoms with Gasteiger partial charge in [-0.05, 0) is 6.42 Å². The summed E-state index contributed by atoms with van der Waals surface area (Å²) in [4.78, 5) is 8.76. The van der Waals surface area contributed by atoms with Crippen molar-refractivity contribution in [1.82, 2.24) is 24.3 Å². The quantitative estimate of drug-likeness (QED) is 0.788. The molecule has 0 spiro atoms. The number of nitrogens with zero attached hydrogens (tertiary/aromatic N) is 5. The number of hydrogen-bond donors (Lipinski definition) is 1. The Kier molecular flexibility index (Phi) is 2.98. The zero-order chi connectivity index (χ0) is 13.4. The molecule has 19 heavy (non-hydrogen) atoms. The molecule has 0 aliphatic rings. The van der Waals surface area contributed by atoms with Crippen molar-refractivity contribution in [3.8, 4) is 0 Å². The van der Waals surface area contributed by atoms with E-state index in [1.165, 1.54) is 0 Å². The van der Waals surface area contributed by atoms with Crippen LogP contribution in [0.4, 0.5) is 5.95 Å². The average Bonchev–Trinajstić information content (AvgIpc) is 3.04. The summed E-state index contributed by atoms with van der Waals surface area (Å²) in [6.07, 6.45) is 3.77. The Labute approximate surface area is 114 Å². The standard InChI is InChI=1S/C12H16N6S/c1-3-4-8-10-11(17(2)16-8)18(12(13)15-10)7-9-14-5-6-19-9/h5-6H,3-4,7H2,1-2H3,(H2,13,15). The fraction of sp³-hybridized carbons (Fsp3) is 0.417. The number of hydrogen-bond acceptors (Lipinski definition) is 5. The maximum Gasteiger partial charge on any atom is 0.202 e. The van der Waals surface area contributed by atoms with Crippen LogP contribution in [-0.4, -0.2) is 24.3 Å². The third-order valence-electron chi connectivity index (χ3n) is 3.08. The van der Waals surface area contributed by atoms with E-state index in [0.717, 1.165) is 34.7 Å². The molecule has 3 aromatic heterocycles. The normalized spacial score (nSPS) is 11.5. The van der Waals surface area contributed by atoms with E-state index in [4.69, 9.17) is 5.73 Å². The van der Waals surface area contributed by atoms with Crippen molar-refractivity contribution < 1.29 is 0 Å². The van der Waals surface area contributed by atoms with Gasteiger partial charge in [0.15, 0.2) is 5.65 Å². The van der Waals surface area contributed by atoms with Gasteiger partial charge in [-0.3, -0.25) is 9.25 Å². The van der Waals surface area contributed by atoms with Gasteiger partial charge in [-0.25, -0.2) is 9.97 Å². The molecule has 0 fully saturated rings. The monoisotopic (exact) mass is 276 g/mol. The van der Waals surface area contributed by atoms with E-state index in [1.807, 2.05) is 21.7 Å². The Morgan fingerprint density at radius 3 is 2.95 bits per heavy atom. The number of anilines is 1. The molecule has 6 nitrogen and oxygen atoms in total. The van der Waals surface area contributed by atoms with Crippen molar-refractivity contribution in [2.24, 2.45) is 7.05 Å². The van der Waals surface area contributed by atoms with Crippen molar-refractivity contribution in [2.45, 2.75) is 26.3 Å². The van der Waals surface area contributed by atoms with E-state index >= 15 is 0 Å². The smallest absolute Gasteiger partial charge is 0.202 e. The Hall–Kier alpha value is -1.89. The summed E-state index contributed by atoms with van der Waals surface area (Å²) in [6.45, 7) is 2.78. The molecule has 0 aliphatic carbocycles. The molecule has 3 rings (SSSR count). The van der Waals surface area contributed by atoms with Gasteiger partial charge >= 0.3 is 0 Å². The number of thiazole rings is 1. The third kappa shape index (κ3) is 1.99. The molecule has 3 heterocycles. The van der Waals surface area contributed by atoms with Crippen LogP contribution in [0.1, 0.15) is 24.0 Å². The Morgan fingerprint density at radius 2 is 2.26 bits per heavy atom. The lowest BCUT2D eigenvalue weighted by atomic mass is 10.2. The number of aromatic nitrogens is 5. The van der Waals surface area contributed by atoms with Crippen LogP contribution in [0.3, 0.4) is 0 Å². The first-order valence-electron chi connectivity index (χ1n) is 6.26. The van der Waals surface area contributed by atoms with Crippen LogP contribution < -0.4 is 5.73 Å². The van der Waals surface area contributed by atoms with E-state index in [2.05, 4.69) is 22.0 Å². The van der Waals surface area contributed by atoms with Crippen molar-refractivity contribution in [3.05, 3.63) is 22.3 Å². The third-order valence-corrected chi connectivity index (χ3v) is 3.85. The van der Waals surface area contributed by atoms with E-state index in [0.29, 0.717) is 12.5 Å². The molecule has 0 unspecified atom stereocenters. The van der Waals surface area contributed by atoms with Crippen LogP contribution in [-0.2, 0) is 20.0 Å². The largest absolute Gasteiger partial charge is 0.369 e. The zero-order valence-electron chi connectivity index (χ0n) is 11.0. The lowest BCUT2D eigenvalue weighted by Gasteiger charge is -2.04. The maximum atomic E-state index is 6.04. The minimum atomic E-state index is 0.524. The Morgan fingerprint density at radius 1 is 1.42 bits per heavy atom. The van der Waals surface area contributed by atoms with Crippen molar-refractivity contribution in [1.29, 1.82) is 0 Å². The molecule has 0 bridgehead atoms. The van der Waals surface area contributed by atoms with Gasteiger partial charge in [0.25, 0.3) is 0 Å². The maximum absolute atomic E-state index is 6.04. The number of imidazole rings is 1. The highest BCUT2D eigenvalue weighted by atomic mass is 32.1. The minimum absolute atomic E-state index is 0.524. The highest BCUT2D eigenvalue weighted by Crippen LogP contribution is 2.23. The first-order chi connectivity index (χ1) is 9.20. The zero-order valence-corrected chi connectivity index (χ0v) is 11.8. The number of nitrogens with two attached hydrogens (primary N) is 1. The molecule has 0 aliphatic heterocycles. The molecule has 0 atom stereocenters. The molecule has 7 heteroatoms. The summed E-state index contributed by atoms with van der Waals surface area (Å²) in [5.74, 6) is 0.524. The lowest BCUT2D eigenvalue weighted by molar-refractivity contribution is 0.710. The fourth-order valence-corrected chi connectivity index (χ4v) is 2.89. The summed E-state index contributed by atoms with van der Waals surface area (Å²) in [5.41, 5.74) is 8.94. The predicted molar refractivity (Wildman–Crippen MR) is 76.1 cm³/mol. The molecule has 100 valence electrons. The summed E-state index contributed by atoms with van der Waals surface area (Å²) in [5, 5.41) is 7.51. The Balaban J connectivity index is 2.11. The van der Waals surface area contributed by atoms with Crippen molar-refractivity contribution >= 4 is 28.4 Å². The lowest BCUT2D eigenvalue weighted by Crippen LogP contribution is -2.07. The summed E-state index contributed by atoms with van der Waals surface area (Å²) in [6, 6.07) is 0. The van der Waals surface area contributed by atoms with Gasteiger partial charge in [-0.15, -0.1) is 11.3 Å². The second-order valence-corrected chi connectivity index (χ2v) is 5.45. The molecular weight excluding hydrogens is 260 g/mol. The topological polar surface area (TPSA) is 74.6 Å². The summed E-state index contributed by atoms with van der Waals surface area (Å²) < 4.78 is 3.83. The van der Waals surface area contributed by atoms with Gasteiger partial charge in [0.1, 0.15) is 10.5 Å². The Bertz CT molecular complexity index is 694. The van der Waals surface area contributed by atoms with Gasteiger partial charge < -0.3 is 5.73 Å². The van der Waals surface area contributed by atoms with E-state index < -0.39 is 0 Å². The number of nitrogen functional groups attached to an aromatic ring is 1. The first kappa shape index (κ1) is 12.2. The van der Waals surface area contributed by atoms with Crippen LogP contribution in [0.15, 0.2) is 11.6 Å². The molecule has 0 saturated heterocycles. The SMILES string of the molecule is CCCc1nn(C)c2c1nc(N)n2Cc1nccs1. The van der Waals surface area contributed by atoms with E-state index in [9.17, 15) is 0 Å². The first-order valence-corrected chi connectivity index (χ1v) is 7.14. The van der Waals surface area contributed by atoms with Crippen LogP contribution in [0.5, 0.6) is 0 Å². The molecule has 0 radical (unpaired) electrons. The molecular formula is C12H16N6S. The fourth-order valence-electron chi connectivity index (χ4n) is 2.29. The predicted octanol–water partition coefficient (Wildman–Crippen LogP) is 1.81. The summed E-state index contributed by atoms with van der Waals surface area (Å²) in [7, 11) is 1.93. The molecule has 0 aromatic carbocycles. The minimum Gasteiger partial charge on any atom is -0.369 e.